The molecule has 1 atom stereocenters. The molecule has 1 fully saturated rings. The van der Waals surface area contributed by atoms with Crippen LogP contribution in [0.2, 0.25) is 0 Å². The molecule has 0 radical (unpaired) electrons. The van der Waals surface area contributed by atoms with Crippen LogP contribution < -0.4 is 0 Å². The van der Waals surface area contributed by atoms with E-state index in [0.717, 1.165) is 6.42 Å². The molecule has 0 saturated heterocycles. The van der Waals surface area contributed by atoms with Crippen LogP contribution in [0.15, 0.2) is 4.52 Å². The lowest BCUT2D eigenvalue weighted by atomic mass is 10.0. The third kappa shape index (κ3) is 2.56. The Morgan fingerprint density at radius 3 is 2.87 bits per heavy atom. The minimum absolute atomic E-state index is 0.436. The molecular weight excluding hydrogens is 192 g/mol. The van der Waals surface area contributed by atoms with Gasteiger partial charge in [0.15, 0.2) is 5.82 Å². The van der Waals surface area contributed by atoms with Crippen LogP contribution in [0.25, 0.3) is 0 Å². The lowest BCUT2D eigenvalue weighted by Gasteiger charge is -2.03. The van der Waals surface area contributed by atoms with Gasteiger partial charge in [0.1, 0.15) is 6.10 Å². The largest absolute Gasteiger partial charge is 0.385 e. The summed E-state index contributed by atoms with van der Waals surface area (Å²) in [5.74, 6) is 1.83. The van der Waals surface area contributed by atoms with E-state index in [4.69, 9.17) is 4.52 Å². The molecule has 4 nitrogen and oxygen atoms in total. The monoisotopic (exact) mass is 210 g/mol. The van der Waals surface area contributed by atoms with E-state index >= 15 is 0 Å². The summed E-state index contributed by atoms with van der Waals surface area (Å²) in [6, 6.07) is 0. The second-order valence-corrected chi connectivity index (χ2v) is 4.32. The predicted molar refractivity (Wildman–Crippen MR) is 55.2 cm³/mol. The normalized spacial score (nSPS) is 19.6. The summed E-state index contributed by atoms with van der Waals surface area (Å²) in [7, 11) is 0. The standard InChI is InChI=1S/C11H18N2O2/c1-2-9(14)11-12-10(15-13-11)7-8-5-3-4-6-8/h8-9,14H,2-7H2,1H3. The molecule has 0 aromatic carbocycles. The highest BCUT2D eigenvalue weighted by molar-refractivity contribution is 4.92. The summed E-state index contributed by atoms with van der Waals surface area (Å²) in [5, 5.41) is 13.3. The van der Waals surface area contributed by atoms with Crippen LogP contribution in [0.3, 0.4) is 0 Å². The first-order valence-corrected chi connectivity index (χ1v) is 5.80. The Bertz CT molecular complexity index is 305. The van der Waals surface area contributed by atoms with E-state index in [9.17, 15) is 5.11 Å². The number of rotatable bonds is 4. The van der Waals surface area contributed by atoms with Crippen LogP contribution in [0.1, 0.15) is 56.8 Å². The highest BCUT2D eigenvalue weighted by Gasteiger charge is 2.20. The summed E-state index contributed by atoms with van der Waals surface area (Å²) in [5.41, 5.74) is 0. The van der Waals surface area contributed by atoms with Crippen LogP contribution >= 0.6 is 0 Å². The zero-order valence-electron chi connectivity index (χ0n) is 9.15. The van der Waals surface area contributed by atoms with Crippen LogP contribution in [0.4, 0.5) is 0 Å². The molecule has 4 heteroatoms. The summed E-state index contributed by atoms with van der Waals surface area (Å²) in [6.07, 6.45) is 6.12. The van der Waals surface area contributed by atoms with Crippen LogP contribution in [0.5, 0.6) is 0 Å². The molecule has 2 rings (SSSR count). The molecule has 1 heterocycles. The van der Waals surface area contributed by atoms with Gasteiger partial charge in [0.05, 0.1) is 0 Å². The van der Waals surface area contributed by atoms with E-state index in [1.807, 2.05) is 6.92 Å². The lowest BCUT2D eigenvalue weighted by molar-refractivity contribution is 0.159. The third-order valence-corrected chi connectivity index (χ3v) is 3.11. The lowest BCUT2D eigenvalue weighted by Crippen LogP contribution is -2.01. The number of aromatic nitrogens is 2. The van der Waals surface area contributed by atoms with Gasteiger partial charge in [-0.1, -0.05) is 24.9 Å². The van der Waals surface area contributed by atoms with E-state index in [1.54, 1.807) is 0 Å². The van der Waals surface area contributed by atoms with Crippen molar-refractivity contribution in [2.24, 2.45) is 5.92 Å². The fourth-order valence-electron chi connectivity index (χ4n) is 2.13. The molecule has 1 aliphatic rings. The molecule has 0 amide bonds. The maximum atomic E-state index is 9.52. The number of hydrogen-bond donors (Lipinski definition) is 1. The Balaban J connectivity index is 1.94. The van der Waals surface area contributed by atoms with E-state index in [-0.39, 0.29) is 0 Å². The molecule has 0 spiro atoms. The maximum Gasteiger partial charge on any atom is 0.227 e. The summed E-state index contributed by atoms with van der Waals surface area (Å²) < 4.78 is 5.13. The van der Waals surface area contributed by atoms with Crippen molar-refractivity contribution in [1.29, 1.82) is 0 Å². The van der Waals surface area contributed by atoms with E-state index in [1.165, 1.54) is 25.7 Å². The van der Waals surface area contributed by atoms with Crippen molar-refractivity contribution in [3.8, 4) is 0 Å². The van der Waals surface area contributed by atoms with Crippen molar-refractivity contribution in [3.05, 3.63) is 11.7 Å². The van der Waals surface area contributed by atoms with Gasteiger partial charge in [0.2, 0.25) is 5.89 Å². The van der Waals surface area contributed by atoms with Crippen molar-refractivity contribution in [2.45, 2.75) is 51.6 Å². The molecular formula is C11H18N2O2. The van der Waals surface area contributed by atoms with Crippen LogP contribution in [-0.2, 0) is 6.42 Å². The molecule has 1 aliphatic carbocycles. The number of hydrogen-bond acceptors (Lipinski definition) is 4. The van der Waals surface area contributed by atoms with Gasteiger partial charge in [0.25, 0.3) is 0 Å². The van der Waals surface area contributed by atoms with Gasteiger partial charge in [-0.25, -0.2) is 0 Å². The molecule has 1 aromatic heterocycles. The Labute approximate surface area is 89.7 Å². The fraction of sp³-hybridized carbons (Fsp3) is 0.818. The number of aliphatic hydroxyl groups is 1. The second kappa shape index (κ2) is 4.75. The summed E-state index contributed by atoms with van der Waals surface area (Å²) in [6.45, 7) is 1.90. The molecule has 1 saturated carbocycles. The average molecular weight is 210 g/mol. The van der Waals surface area contributed by atoms with Crippen LogP contribution in [-0.4, -0.2) is 15.2 Å². The first kappa shape index (κ1) is 10.6. The molecule has 1 N–H and O–H groups in total. The van der Waals surface area contributed by atoms with Gasteiger partial charge in [0, 0.05) is 6.42 Å². The Morgan fingerprint density at radius 2 is 2.20 bits per heavy atom. The molecule has 1 unspecified atom stereocenters. The number of nitrogens with zero attached hydrogens (tertiary/aromatic N) is 2. The van der Waals surface area contributed by atoms with Gasteiger partial charge in [-0.15, -0.1) is 0 Å². The fourth-order valence-corrected chi connectivity index (χ4v) is 2.13. The minimum atomic E-state index is -0.578. The van der Waals surface area contributed by atoms with Crippen molar-refractivity contribution in [1.82, 2.24) is 10.1 Å². The van der Waals surface area contributed by atoms with Crippen molar-refractivity contribution in [2.75, 3.05) is 0 Å². The highest BCUT2D eigenvalue weighted by atomic mass is 16.5. The van der Waals surface area contributed by atoms with E-state index < -0.39 is 6.10 Å². The Hall–Kier alpha value is -0.900. The highest BCUT2D eigenvalue weighted by Crippen LogP contribution is 2.27. The summed E-state index contributed by atoms with van der Waals surface area (Å²) >= 11 is 0. The van der Waals surface area contributed by atoms with Crippen molar-refractivity contribution >= 4 is 0 Å². The van der Waals surface area contributed by atoms with Crippen molar-refractivity contribution < 1.29 is 9.63 Å². The molecule has 0 aliphatic heterocycles. The summed E-state index contributed by atoms with van der Waals surface area (Å²) in [4.78, 5) is 4.22. The van der Waals surface area contributed by atoms with Gasteiger partial charge < -0.3 is 9.63 Å². The average Bonchev–Trinajstić information content (AvgIpc) is 2.88. The number of aliphatic hydroxyl groups excluding tert-OH is 1. The second-order valence-electron chi connectivity index (χ2n) is 4.32. The predicted octanol–water partition coefficient (Wildman–Crippen LogP) is 2.25. The van der Waals surface area contributed by atoms with Gasteiger partial charge >= 0.3 is 0 Å². The minimum Gasteiger partial charge on any atom is -0.385 e. The smallest absolute Gasteiger partial charge is 0.227 e. The zero-order chi connectivity index (χ0) is 10.7. The Kier molecular flexibility index (Phi) is 3.36. The topological polar surface area (TPSA) is 59.2 Å². The third-order valence-electron chi connectivity index (χ3n) is 3.11. The molecule has 1 aromatic rings. The van der Waals surface area contributed by atoms with E-state index in [2.05, 4.69) is 10.1 Å². The quantitative estimate of drug-likeness (QED) is 0.828. The van der Waals surface area contributed by atoms with Gasteiger partial charge in [-0.3, -0.25) is 0 Å². The molecule has 84 valence electrons. The maximum absolute atomic E-state index is 9.52. The molecule has 15 heavy (non-hydrogen) atoms. The first-order chi connectivity index (χ1) is 7.29. The Morgan fingerprint density at radius 1 is 1.47 bits per heavy atom. The first-order valence-electron chi connectivity index (χ1n) is 5.80. The molecule has 0 bridgehead atoms. The zero-order valence-corrected chi connectivity index (χ0v) is 9.15. The van der Waals surface area contributed by atoms with Gasteiger partial charge in [-0.2, -0.15) is 4.98 Å². The SMILES string of the molecule is CCC(O)c1noc(CC2CCCC2)n1. The van der Waals surface area contributed by atoms with Crippen molar-refractivity contribution in [3.63, 3.8) is 0 Å². The van der Waals surface area contributed by atoms with Gasteiger partial charge in [-0.05, 0) is 25.2 Å². The van der Waals surface area contributed by atoms with E-state index in [0.29, 0.717) is 24.1 Å². The van der Waals surface area contributed by atoms with Crippen LogP contribution in [0, 0.1) is 5.92 Å².